The minimum atomic E-state index is -0.450. The Morgan fingerprint density at radius 1 is 0.923 bits per heavy atom. The lowest BCUT2D eigenvalue weighted by molar-refractivity contribution is -0.115. The summed E-state index contributed by atoms with van der Waals surface area (Å²) < 4.78 is 15.6. The highest BCUT2D eigenvalue weighted by atomic mass is 32.2. The second-order valence-electron chi connectivity index (χ2n) is 9.06. The van der Waals surface area contributed by atoms with Crippen molar-refractivity contribution in [2.45, 2.75) is 49.2 Å². The zero-order valence-corrected chi connectivity index (χ0v) is 24.1. The van der Waals surface area contributed by atoms with Crippen LogP contribution >= 0.6 is 23.1 Å². The Morgan fingerprint density at radius 3 is 2.44 bits per heavy atom. The maximum absolute atomic E-state index is 13.2. The van der Waals surface area contributed by atoms with Crippen LogP contribution < -0.4 is 20.1 Å². The third-order valence-electron chi connectivity index (χ3n) is 6.47. The Bertz CT molecular complexity index is 1370. The van der Waals surface area contributed by atoms with Crippen LogP contribution in [0.15, 0.2) is 47.4 Å². The highest BCUT2D eigenvalue weighted by Crippen LogP contribution is 2.38. The number of ether oxygens (including phenoxy) is 3. The van der Waals surface area contributed by atoms with E-state index in [-0.39, 0.29) is 11.8 Å². The first kappa shape index (κ1) is 28.5. The van der Waals surface area contributed by atoms with Crippen molar-refractivity contribution in [2.24, 2.45) is 0 Å². The van der Waals surface area contributed by atoms with E-state index in [9.17, 15) is 14.4 Å². The fraction of sp³-hybridized carbons (Fsp3) is 0.345. The Balaban J connectivity index is 1.44. The minimum Gasteiger partial charge on any atom is -0.493 e. The molecule has 1 atom stereocenters. The summed E-state index contributed by atoms with van der Waals surface area (Å²) in [5.41, 5.74) is 2.53. The van der Waals surface area contributed by atoms with Gasteiger partial charge in [-0.3, -0.25) is 9.59 Å². The van der Waals surface area contributed by atoms with Crippen LogP contribution in [0.1, 0.15) is 57.3 Å². The van der Waals surface area contributed by atoms with Crippen molar-refractivity contribution in [1.82, 2.24) is 0 Å². The van der Waals surface area contributed by atoms with Gasteiger partial charge in [-0.25, -0.2) is 4.79 Å². The molecule has 2 amide bonds. The number of benzene rings is 2. The summed E-state index contributed by atoms with van der Waals surface area (Å²) >= 11 is 2.84. The normalized spacial score (nSPS) is 13.4. The molecule has 0 bridgehead atoms. The number of carbonyl (C=O) groups is 3. The number of fused-ring (bicyclic) bond motifs is 1. The number of thiophene rings is 1. The summed E-state index contributed by atoms with van der Waals surface area (Å²) in [6, 6.07) is 12.3. The van der Waals surface area contributed by atoms with Gasteiger partial charge in [0, 0.05) is 21.0 Å². The fourth-order valence-corrected chi connectivity index (χ4v) is 6.65. The molecule has 1 aliphatic carbocycles. The molecule has 0 saturated carbocycles. The summed E-state index contributed by atoms with van der Waals surface area (Å²) in [6.07, 6.45) is 4.95. The molecule has 0 fully saturated rings. The van der Waals surface area contributed by atoms with E-state index >= 15 is 0 Å². The first-order valence-electron chi connectivity index (χ1n) is 12.7. The van der Waals surface area contributed by atoms with Gasteiger partial charge in [0.15, 0.2) is 11.5 Å². The average Bonchev–Trinajstić information content (AvgIpc) is 3.11. The summed E-state index contributed by atoms with van der Waals surface area (Å²) in [6.45, 7) is 1.81. The summed E-state index contributed by atoms with van der Waals surface area (Å²) in [7, 11) is 4.42. The van der Waals surface area contributed by atoms with Gasteiger partial charge in [-0.2, -0.15) is 0 Å². The maximum Gasteiger partial charge on any atom is 0.341 e. The van der Waals surface area contributed by atoms with Crippen molar-refractivity contribution in [3.63, 3.8) is 0 Å². The molecular weight excluding hydrogens is 536 g/mol. The molecule has 1 unspecified atom stereocenters. The van der Waals surface area contributed by atoms with Gasteiger partial charge in [0.1, 0.15) is 5.00 Å². The number of carbonyl (C=O) groups excluding carboxylic acids is 3. The van der Waals surface area contributed by atoms with Gasteiger partial charge in [0.05, 0.1) is 32.1 Å². The molecule has 39 heavy (non-hydrogen) atoms. The molecule has 8 nitrogen and oxygen atoms in total. The number of nitrogens with one attached hydrogen (secondary N) is 2. The van der Waals surface area contributed by atoms with Gasteiger partial charge in [-0.15, -0.1) is 23.1 Å². The number of methoxy groups -OCH3 is 3. The number of anilines is 2. The van der Waals surface area contributed by atoms with Crippen LogP contribution in [0.25, 0.3) is 0 Å². The molecule has 2 aromatic carbocycles. The lowest BCUT2D eigenvalue weighted by atomic mass is 10.1. The molecule has 0 saturated heterocycles. The van der Waals surface area contributed by atoms with E-state index in [0.717, 1.165) is 47.4 Å². The molecule has 1 aliphatic rings. The van der Waals surface area contributed by atoms with Gasteiger partial charge >= 0.3 is 5.97 Å². The first-order valence-corrected chi connectivity index (χ1v) is 14.4. The lowest BCUT2D eigenvalue weighted by Crippen LogP contribution is -2.23. The molecule has 2 N–H and O–H groups in total. The third-order valence-corrected chi connectivity index (χ3v) is 8.77. The van der Waals surface area contributed by atoms with Crippen LogP contribution in [0.3, 0.4) is 0 Å². The van der Waals surface area contributed by atoms with Crippen molar-refractivity contribution in [3.8, 4) is 11.5 Å². The number of hydrogen-bond acceptors (Lipinski definition) is 8. The van der Waals surface area contributed by atoms with E-state index in [2.05, 4.69) is 10.6 Å². The van der Waals surface area contributed by atoms with E-state index in [1.807, 2.05) is 25.1 Å². The lowest BCUT2D eigenvalue weighted by Gasteiger charge is -2.14. The van der Waals surface area contributed by atoms with Crippen LogP contribution in [0.5, 0.6) is 11.5 Å². The molecule has 0 radical (unpaired) electrons. The van der Waals surface area contributed by atoms with Crippen LogP contribution in [0.2, 0.25) is 0 Å². The second kappa shape index (κ2) is 13.0. The Labute approximate surface area is 236 Å². The van der Waals surface area contributed by atoms with Crippen molar-refractivity contribution in [1.29, 1.82) is 0 Å². The average molecular weight is 569 g/mol. The van der Waals surface area contributed by atoms with E-state index in [4.69, 9.17) is 14.2 Å². The van der Waals surface area contributed by atoms with Gasteiger partial charge in [-0.05, 0) is 74.6 Å². The maximum atomic E-state index is 13.2. The third kappa shape index (κ3) is 6.75. The summed E-state index contributed by atoms with van der Waals surface area (Å²) in [5.74, 6) is 0.0874. The van der Waals surface area contributed by atoms with Gasteiger partial charge in [0.25, 0.3) is 5.91 Å². The number of thioether (sulfide) groups is 1. The predicted octanol–water partition coefficient (Wildman–Crippen LogP) is 6.19. The highest BCUT2D eigenvalue weighted by molar-refractivity contribution is 8.00. The smallest absolute Gasteiger partial charge is 0.341 e. The number of esters is 1. The quantitative estimate of drug-likeness (QED) is 0.180. The SMILES string of the molecule is COC(=O)c1c(NC(=O)C(C)Sc2cccc(NC(=O)c3ccc(OC)c(OC)c3)c2)sc2c1CCCCC2. The molecular formula is C29H32N2O6S2. The Kier molecular flexibility index (Phi) is 9.53. The predicted molar refractivity (Wildman–Crippen MR) is 155 cm³/mol. The van der Waals surface area contributed by atoms with Gasteiger partial charge < -0.3 is 24.8 Å². The van der Waals surface area contributed by atoms with E-state index in [1.165, 1.54) is 44.4 Å². The van der Waals surface area contributed by atoms with Crippen molar-refractivity contribution in [2.75, 3.05) is 32.0 Å². The number of aryl methyl sites for hydroxylation is 1. The molecule has 4 rings (SSSR count). The largest absolute Gasteiger partial charge is 0.493 e. The molecule has 206 valence electrons. The summed E-state index contributed by atoms with van der Waals surface area (Å²) in [5, 5.41) is 5.98. The number of rotatable bonds is 9. The van der Waals surface area contributed by atoms with Crippen molar-refractivity contribution in [3.05, 3.63) is 64.0 Å². The monoisotopic (exact) mass is 568 g/mol. The van der Waals surface area contributed by atoms with Gasteiger partial charge in [-0.1, -0.05) is 12.5 Å². The fourth-order valence-electron chi connectivity index (χ4n) is 4.45. The zero-order valence-electron chi connectivity index (χ0n) is 22.4. The zero-order chi connectivity index (χ0) is 27.9. The van der Waals surface area contributed by atoms with Crippen LogP contribution in [-0.4, -0.2) is 44.4 Å². The molecule has 1 aromatic heterocycles. The van der Waals surface area contributed by atoms with E-state index < -0.39 is 11.2 Å². The highest BCUT2D eigenvalue weighted by Gasteiger charge is 2.27. The summed E-state index contributed by atoms with van der Waals surface area (Å²) in [4.78, 5) is 40.6. The number of hydrogen-bond donors (Lipinski definition) is 2. The molecule has 0 aliphatic heterocycles. The molecule has 10 heteroatoms. The Hall–Kier alpha value is -3.50. The standard InChI is InChI=1S/C29H32N2O6S2/c1-17(26(32)31-28-25(29(34)37-4)21-11-6-5-7-12-24(21)39-28)38-20-10-8-9-19(16-20)30-27(33)18-13-14-22(35-2)23(15-18)36-3/h8-10,13-17H,5-7,11-12H2,1-4H3,(H,30,33)(H,31,32). The van der Waals surface area contributed by atoms with Crippen molar-refractivity contribution < 1.29 is 28.6 Å². The van der Waals surface area contributed by atoms with Crippen LogP contribution in [-0.2, 0) is 22.4 Å². The van der Waals surface area contributed by atoms with E-state index in [1.54, 1.807) is 24.3 Å². The van der Waals surface area contributed by atoms with E-state index in [0.29, 0.717) is 33.3 Å². The van der Waals surface area contributed by atoms with Crippen molar-refractivity contribution >= 4 is 51.6 Å². The minimum absolute atomic E-state index is 0.207. The second-order valence-corrected chi connectivity index (χ2v) is 11.6. The molecule has 3 aromatic rings. The van der Waals surface area contributed by atoms with Crippen LogP contribution in [0, 0.1) is 0 Å². The molecule has 1 heterocycles. The molecule has 0 spiro atoms. The Morgan fingerprint density at radius 2 is 1.69 bits per heavy atom. The first-order chi connectivity index (χ1) is 18.8. The van der Waals surface area contributed by atoms with Gasteiger partial charge in [0.2, 0.25) is 5.91 Å². The number of amides is 2. The topological polar surface area (TPSA) is 103 Å². The van der Waals surface area contributed by atoms with Crippen LogP contribution in [0.4, 0.5) is 10.7 Å².